The van der Waals surface area contributed by atoms with Crippen LogP contribution in [0.5, 0.6) is 0 Å². The van der Waals surface area contributed by atoms with E-state index < -0.39 is 5.41 Å². The van der Waals surface area contributed by atoms with Crippen LogP contribution in [0.3, 0.4) is 0 Å². The molecule has 2 fully saturated rings. The van der Waals surface area contributed by atoms with E-state index in [1.54, 1.807) is 0 Å². The fraction of sp³-hybridized carbons (Fsp3) is 0.895. The fourth-order valence-corrected chi connectivity index (χ4v) is 4.19. The van der Waals surface area contributed by atoms with E-state index in [2.05, 4.69) is 34.6 Å². The highest BCUT2D eigenvalue weighted by atomic mass is 16.6. The number of fused-ring (bicyclic) bond motifs is 1. The maximum absolute atomic E-state index is 12.9. The third kappa shape index (κ3) is 3.01. The van der Waals surface area contributed by atoms with Crippen LogP contribution in [0.15, 0.2) is 0 Å². The smallest absolute Gasteiger partial charge is 0.312 e. The summed E-state index contributed by atoms with van der Waals surface area (Å²) in [5.74, 6) is 0.0888. The van der Waals surface area contributed by atoms with E-state index in [0.717, 1.165) is 19.3 Å². The number of hydrogen-bond donors (Lipinski definition) is 0. The highest BCUT2D eigenvalue weighted by Crippen LogP contribution is 2.47. The highest BCUT2D eigenvalue weighted by Gasteiger charge is 2.52. The predicted molar refractivity (Wildman–Crippen MR) is 88.7 cm³/mol. The molecule has 1 saturated heterocycles. The monoisotopic (exact) mass is 324 g/mol. The summed E-state index contributed by atoms with van der Waals surface area (Å²) in [6, 6.07) is 0. The topological polar surface area (TPSA) is 52.6 Å². The third-order valence-electron chi connectivity index (χ3n) is 6.44. The Kier molecular flexibility index (Phi) is 4.85. The van der Waals surface area contributed by atoms with Gasteiger partial charge in [0.1, 0.15) is 12.2 Å². The highest BCUT2D eigenvalue weighted by molar-refractivity contribution is 5.78. The maximum atomic E-state index is 12.9. The van der Waals surface area contributed by atoms with Crippen molar-refractivity contribution in [1.82, 2.24) is 0 Å². The molecule has 1 saturated carbocycles. The van der Waals surface area contributed by atoms with Crippen molar-refractivity contribution in [3.63, 3.8) is 0 Å². The Hall–Kier alpha value is -1.06. The molecule has 0 N–H and O–H groups in total. The lowest BCUT2D eigenvalue weighted by atomic mass is 9.62. The van der Waals surface area contributed by atoms with E-state index in [1.165, 1.54) is 0 Å². The minimum absolute atomic E-state index is 0.0141. The van der Waals surface area contributed by atoms with Crippen molar-refractivity contribution in [2.24, 2.45) is 28.6 Å². The van der Waals surface area contributed by atoms with Gasteiger partial charge in [-0.2, -0.15) is 0 Å². The average Bonchev–Trinajstić information content (AvgIpc) is 3.00. The number of carbonyl (C=O) groups is 2. The van der Waals surface area contributed by atoms with Crippen LogP contribution in [-0.2, 0) is 19.1 Å². The van der Waals surface area contributed by atoms with Gasteiger partial charge in [-0.05, 0) is 38.0 Å². The van der Waals surface area contributed by atoms with Crippen LogP contribution in [0.1, 0.15) is 67.7 Å². The zero-order valence-electron chi connectivity index (χ0n) is 15.6. The third-order valence-corrected chi connectivity index (χ3v) is 6.44. The van der Waals surface area contributed by atoms with E-state index in [9.17, 15) is 9.59 Å². The van der Waals surface area contributed by atoms with Gasteiger partial charge in [-0.3, -0.25) is 9.59 Å². The molecule has 1 heterocycles. The molecule has 2 rings (SSSR count). The van der Waals surface area contributed by atoms with Crippen LogP contribution >= 0.6 is 0 Å². The van der Waals surface area contributed by atoms with Gasteiger partial charge in [0, 0.05) is 5.92 Å². The van der Waals surface area contributed by atoms with Gasteiger partial charge in [-0.15, -0.1) is 0 Å². The molecule has 0 spiro atoms. The zero-order chi connectivity index (χ0) is 17.6. The molecule has 1 aliphatic carbocycles. The lowest BCUT2D eigenvalue weighted by molar-refractivity contribution is -0.180. The maximum Gasteiger partial charge on any atom is 0.312 e. The normalized spacial score (nSPS) is 31.5. The molecule has 4 nitrogen and oxygen atoms in total. The van der Waals surface area contributed by atoms with Gasteiger partial charge in [0.25, 0.3) is 0 Å². The summed E-state index contributed by atoms with van der Waals surface area (Å²) >= 11 is 0. The molecular formula is C19H32O4. The zero-order valence-corrected chi connectivity index (χ0v) is 15.6. The first-order chi connectivity index (χ1) is 10.5. The summed E-state index contributed by atoms with van der Waals surface area (Å²) in [7, 11) is 0. The Labute approximate surface area is 140 Å². The van der Waals surface area contributed by atoms with Gasteiger partial charge in [-0.1, -0.05) is 41.0 Å². The number of cyclic esters (lactones) is 1. The van der Waals surface area contributed by atoms with E-state index in [-0.39, 0.29) is 47.3 Å². The second kappa shape index (κ2) is 6.10. The van der Waals surface area contributed by atoms with Gasteiger partial charge in [0.05, 0.1) is 11.3 Å². The Morgan fingerprint density at radius 1 is 1.17 bits per heavy atom. The average molecular weight is 324 g/mol. The van der Waals surface area contributed by atoms with Crippen LogP contribution in [0.2, 0.25) is 0 Å². The number of esters is 2. The fourth-order valence-electron chi connectivity index (χ4n) is 4.19. The lowest BCUT2D eigenvalue weighted by Crippen LogP contribution is -2.48. The van der Waals surface area contributed by atoms with Crippen molar-refractivity contribution in [1.29, 1.82) is 0 Å². The molecule has 0 aromatic heterocycles. The molecule has 5 atom stereocenters. The van der Waals surface area contributed by atoms with Crippen molar-refractivity contribution < 1.29 is 19.1 Å². The summed E-state index contributed by atoms with van der Waals surface area (Å²) in [5.41, 5.74) is -0.792. The Morgan fingerprint density at radius 3 is 2.30 bits per heavy atom. The molecule has 4 heteroatoms. The van der Waals surface area contributed by atoms with Crippen molar-refractivity contribution in [3.8, 4) is 0 Å². The van der Waals surface area contributed by atoms with Crippen LogP contribution in [0.4, 0.5) is 0 Å². The first-order valence-electron chi connectivity index (χ1n) is 8.91. The molecular weight excluding hydrogens is 292 g/mol. The summed E-state index contributed by atoms with van der Waals surface area (Å²) < 4.78 is 11.4. The number of hydrogen-bond acceptors (Lipinski definition) is 4. The molecule has 1 aliphatic heterocycles. The summed E-state index contributed by atoms with van der Waals surface area (Å²) in [6.45, 7) is 14.2. The van der Waals surface area contributed by atoms with Crippen LogP contribution in [-0.4, -0.2) is 24.1 Å². The predicted octanol–water partition coefficient (Wildman–Crippen LogP) is 3.97. The number of rotatable bonds is 4. The molecule has 23 heavy (non-hydrogen) atoms. The van der Waals surface area contributed by atoms with Gasteiger partial charge in [0.2, 0.25) is 0 Å². The molecule has 5 unspecified atom stereocenters. The molecule has 0 aromatic carbocycles. The lowest BCUT2D eigenvalue weighted by Gasteiger charge is -2.43. The van der Waals surface area contributed by atoms with E-state index in [1.807, 2.05) is 13.8 Å². The molecule has 0 bridgehead atoms. The quantitative estimate of drug-likeness (QED) is 0.734. The Morgan fingerprint density at radius 2 is 1.78 bits per heavy atom. The standard InChI is InChI=1S/C19H32O4/c1-11(2)19(7,18(4,5)6)17(21)22-12(3)15-13-9-8-10-14(13)16(20)23-15/h11-15H,8-10H2,1-7H3. The first kappa shape index (κ1) is 18.3. The van der Waals surface area contributed by atoms with Crippen molar-refractivity contribution in [2.45, 2.75) is 79.9 Å². The van der Waals surface area contributed by atoms with Gasteiger partial charge < -0.3 is 9.47 Å². The molecule has 0 radical (unpaired) electrons. The minimum Gasteiger partial charge on any atom is -0.458 e. The largest absolute Gasteiger partial charge is 0.458 e. The minimum atomic E-state index is -0.584. The Bertz CT molecular complexity index is 476. The molecule has 0 amide bonds. The van der Waals surface area contributed by atoms with E-state index in [4.69, 9.17) is 9.47 Å². The number of carbonyl (C=O) groups excluding carboxylic acids is 2. The van der Waals surface area contributed by atoms with Crippen molar-refractivity contribution in [2.75, 3.05) is 0 Å². The molecule has 0 aromatic rings. The van der Waals surface area contributed by atoms with Crippen molar-refractivity contribution >= 4 is 11.9 Å². The van der Waals surface area contributed by atoms with Crippen LogP contribution < -0.4 is 0 Å². The molecule has 132 valence electrons. The SMILES string of the molecule is CC(OC(=O)C(C)(C(C)C)C(C)(C)C)C1OC(=O)C2CCCC21. The van der Waals surface area contributed by atoms with Crippen molar-refractivity contribution in [3.05, 3.63) is 0 Å². The second-order valence-electron chi connectivity index (χ2n) is 8.82. The summed E-state index contributed by atoms with van der Waals surface area (Å²) in [4.78, 5) is 24.9. The van der Waals surface area contributed by atoms with Crippen LogP contribution in [0.25, 0.3) is 0 Å². The number of ether oxygens (including phenoxy) is 2. The summed E-state index contributed by atoms with van der Waals surface area (Å²) in [5, 5.41) is 0. The summed E-state index contributed by atoms with van der Waals surface area (Å²) in [6.07, 6.45) is 2.29. The van der Waals surface area contributed by atoms with Gasteiger partial charge in [0.15, 0.2) is 0 Å². The second-order valence-corrected chi connectivity index (χ2v) is 8.82. The Balaban J connectivity index is 2.11. The van der Waals surface area contributed by atoms with E-state index >= 15 is 0 Å². The van der Waals surface area contributed by atoms with Gasteiger partial charge in [-0.25, -0.2) is 0 Å². The first-order valence-corrected chi connectivity index (χ1v) is 8.91. The molecule has 2 aliphatic rings. The van der Waals surface area contributed by atoms with E-state index in [0.29, 0.717) is 0 Å². The van der Waals surface area contributed by atoms with Gasteiger partial charge >= 0.3 is 11.9 Å². The van der Waals surface area contributed by atoms with Crippen LogP contribution in [0, 0.1) is 28.6 Å².